The lowest BCUT2D eigenvalue weighted by molar-refractivity contribution is -0.117. The summed E-state index contributed by atoms with van der Waals surface area (Å²) in [5, 5.41) is 3.93. The third-order valence-corrected chi connectivity index (χ3v) is 4.17. The summed E-state index contributed by atoms with van der Waals surface area (Å²) in [4.78, 5) is 19.4. The molecule has 0 bridgehead atoms. The molecular formula is C19H29ClN2O3. The number of rotatable bonds is 11. The Morgan fingerprint density at radius 2 is 1.96 bits per heavy atom. The molecule has 25 heavy (non-hydrogen) atoms. The molecule has 0 saturated carbocycles. The molecule has 1 rings (SSSR count). The van der Waals surface area contributed by atoms with Gasteiger partial charge in [0.15, 0.2) is 6.73 Å². The maximum atomic E-state index is 12.5. The van der Waals surface area contributed by atoms with Gasteiger partial charge in [-0.1, -0.05) is 44.5 Å². The van der Waals surface area contributed by atoms with Crippen molar-refractivity contribution in [3.63, 3.8) is 0 Å². The van der Waals surface area contributed by atoms with Crippen LogP contribution in [0.25, 0.3) is 0 Å². The second-order valence-electron chi connectivity index (χ2n) is 5.64. The molecule has 0 aliphatic carbocycles. The highest BCUT2D eigenvalue weighted by Crippen LogP contribution is 2.31. The SMILES string of the molecule is CCC/C=N\OCN(C(=O)CCl)c1c(CC)ccc(COC)c1CC. The molecule has 0 spiro atoms. The van der Waals surface area contributed by atoms with E-state index in [4.69, 9.17) is 21.2 Å². The molecule has 0 fully saturated rings. The molecule has 0 aliphatic rings. The molecule has 1 amide bonds. The van der Waals surface area contributed by atoms with Crippen LogP contribution >= 0.6 is 11.6 Å². The molecule has 0 atom stereocenters. The lowest BCUT2D eigenvalue weighted by Crippen LogP contribution is -2.35. The van der Waals surface area contributed by atoms with Gasteiger partial charge in [0.05, 0.1) is 12.3 Å². The monoisotopic (exact) mass is 368 g/mol. The number of nitrogens with zero attached hydrogens (tertiary/aromatic N) is 2. The van der Waals surface area contributed by atoms with Gasteiger partial charge in [0.1, 0.15) is 5.88 Å². The van der Waals surface area contributed by atoms with Gasteiger partial charge < -0.3 is 9.57 Å². The lowest BCUT2D eigenvalue weighted by atomic mass is 9.96. The van der Waals surface area contributed by atoms with Crippen molar-refractivity contribution in [1.82, 2.24) is 0 Å². The molecule has 0 N–H and O–H groups in total. The number of amides is 1. The molecule has 5 nitrogen and oxygen atoms in total. The highest BCUT2D eigenvalue weighted by Gasteiger charge is 2.23. The van der Waals surface area contributed by atoms with E-state index in [1.165, 1.54) is 0 Å². The number of carbonyl (C=O) groups excluding carboxylic acids is 1. The van der Waals surface area contributed by atoms with E-state index in [0.29, 0.717) is 6.61 Å². The summed E-state index contributed by atoms with van der Waals surface area (Å²) >= 11 is 5.84. The average molecular weight is 369 g/mol. The van der Waals surface area contributed by atoms with E-state index >= 15 is 0 Å². The van der Waals surface area contributed by atoms with Crippen molar-refractivity contribution in [2.24, 2.45) is 5.16 Å². The van der Waals surface area contributed by atoms with Crippen LogP contribution in [0.2, 0.25) is 0 Å². The Labute approximate surface area is 155 Å². The predicted molar refractivity (Wildman–Crippen MR) is 103 cm³/mol. The van der Waals surface area contributed by atoms with Gasteiger partial charge in [-0.2, -0.15) is 0 Å². The Balaban J connectivity index is 3.25. The van der Waals surface area contributed by atoms with Crippen molar-refractivity contribution >= 4 is 29.4 Å². The van der Waals surface area contributed by atoms with Crippen LogP contribution in [-0.4, -0.2) is 31.8 Å². The Bertz CT molecular complexity index is 576. The number of benzene rings is 1. The molecule has 0 heterocycles. The zero-order valence-corrected chi connectivity index (χ0v) is 16.4. The molecular weight excluding hydrogens is 340 g/mol. The molecule has 0 radical (unpaired) electrons. The first-order valence-electron chi connectivity index (χ1n) is 8.77. The number of carbonyl (C=O) groups is 1. The van der Waals surface area contributed by atoms with Crippen LogP contribution in [-0.2, 0) is 33.8 Å². The maximum Gasteiger partial charge on any atom is 0.244 e. The van der Waals surface area contributed by atoms with Crippen LogP contribution in [0.1, 0.15) is 50.3 Å². The summed E-state index contributed by atoms with van der Waals surface area (Å²) in [6.07, 6.45) is 5.14. The van der Waals surface area contributed by atoms with E-state index in [-0.39, 0.29) is 18.5 Å². The Morgan fingerprint density at radius 1 is 1.24 bits per heavy atom. The van der Waals surface area contributed by atoms with E-state index in [9.17, 15) is 4.79 Å². The highest BCUT2D eigenvalue weighted by atomic mass is 35.5. The minimum absolute atomic E-state index is 0.0439. The summed E-state index contributed by atoms with van der Waals surface area (Å²) in [6.45, 7) is 6.75. The number of aryl methyl sites for hydroxylation is 1. The first-order chi connectivity index (χ1) is 12.1. The van der Waals surface area contributed by atoms with E-state index in [1.807, 2.05) is 6.07 Å². The second kappa shape index (κ2) is 11.9. The smallest absolute Gasteiger partial charge is 0.244 e. The zero-order chi connectivity index (χ0) is 18.7. The molecule has 0 unspecified atom stereocenters. The molecule has 0 aromatic heterocycles. The van der Waals surface area contributed by atoms with E-state index in [2.05, 4.69) is 32.0 Å². The number of oxime groups is 1. The van der Waals surface area contributed by atoms with Crippen LogP contribution in [0.5, 0.6) is 0 Å². The molecule has 6 heteroatoms. The molecule has 1 aromatic rings. The number of hydrogen-bond acceptors (Lipinski definition) is 4. The van der Waals surface area contributed by atoms with Gasteiger partial charge in [0.2, 0.25) is 5.91 Å². The van der Waals surface area contributed by atoms with Crippen molar-refractivity contribution in [3.8, 4) is 0 Å². The number of unbranched alkanes of at least 4 members (excludes halogenated alkanes) is 1. The zero-order valence-electron chi connectivity index (χ0n) is 15.7. The van der Waals surface area contributed by atoms with Gasteiger partial charge in [-0.3, -0.25) is 9.69 Å². The van der Waals surface area contributed by atoms with Gasteiger partial charge in [0, 0.05) is 13.3 Å². The van der Waals surface area contributed by atoms with Gasteiger partial charge in [-0.05, 0) is 36.0 Å². The summed E-state index contributed by atoms with van der Waals surface area (Å²) in [7, 11) is 1.67. The molecule has 0 aliphatic heterocycles. The van der Waals surface area contributed by atoms with Crippen molar-refractivity contribution in [2.75, 3.05) is 24.6 Å². The van der Waals surface area contributed by atoms with Crippen molar-refractivity contribution < 1.29 is 14.4 Å². The topological polar surface area (TPSA) is 51.1 Å². The fourth-order valence-electron chi connectivity index (χ4n) is 2.69. The quantitative estimate of drug-likeness (QED) is 0.253. The predicted octanol–water partition coefficient (Wildman–Crippen LogP) is 4.29. The summed E-state index contributed by atoms with van der Waals surface area (Å²) in [6, 6.07) is 4.10. The standard InChI is InChI=1S/C19H29ClN2O3/c1-5-8-11-21-25-14-22(18(23)12-20)19-15(6-2)9-10-16(13-24-4)17(19)7-3/h9-11H,5-8,12-14H2,1-4H3/b21-11-. The van der Waals surface area contributed by atoms with Crippen LogP contribution in [0.15, 0.2) is 17.3 Å². The molecule has 140 valence electrons. The van der Waals surface area contributed by atoms with E-state index in [1.54, 1.807) is 18.2 Å². The third kappa shape index (κ3) is 6.01. The largest absolute Gasteiger partial charge is 0.380 e. The Kier molecular flexibility index (Phi) is 10.2. The van der Waals surface area contributed by atoms with Crippen LogP contribution < -0.4 is 4.90 Å². The van der Waals surface area contributed by atoms with Crippen LogP contribution in [0.3, 0.4) is 0 Å². The minimum Gasteiger partial charge on any atom is -0.380 e. The summed E-state index contributed by atoms with van der Waals surface area (Å²) in [5.74, 6) is -0.311. The van der Waals surface area contributed by atoms with Gasteiger partial charge in [0.25, 0.3) is 0 Å². The number of hydrogen-bond donors (Lipinski definition) is 0. The van der Waals surface area contributed by atoms with Crippen molar-refractivity contribution in [1.29, 1.82) is 0 Å². The van der Waals surface area contributed by atoms with E-state index in [0.717, 1.165) is 48.1 Å². The van der Waals surface area contributed by atoms with Crippen molar-refractivity contribution in [3.05, 3.63) is 28.8 Å². The van der Waals surface area contributed by atoms with Crippen LogP contribution in [0.4, 0.5) is 5.69 Å². The number of alkyl halides is 1. The van der Waals surface area contributed by atoms with E-state index < -0.39 is 0 Å². The second-order valence-corrected chi connectivity index (χ2v) is 5.91. The highest BCUT2D eigenvalue weighted by molar-refractivity contribution is 6.29. The normalized spacial score (nSPS) is 11.1. The lowest BCUT2D eigenvalue weighted by Gasteiger charge is -2.27. The number of methoxy groups -OCH3 is 1. The molecule has 1 aromatic carbocycles. The number of ether oxygens (including phenoxy) is 1. The fraction of sp³-hybridized carbons (Fsp3) is 0.579. The number of halogens is 1. The Morgan fingerprint density at radius 3 is 2.52 bits per heavy atom. The van der Waals surface area contributed by atoms with Gasteiger partial charge >= 0.3 is 0 Å². The number of anilines is 1. The minimum atomic E-state index is -0.202. The third-order valence-electron chi connectivity index (χ3n) is 3.94. The average Bonchev–Trinajstić information content (AvgIpc) is 2.64. The summed E-state index contributed by atoms with van der Waals surface area (Å²) in [5.41, 5.74) is 4.10. The first kappa shape index (κ1) is 21.5. The van der Waals surface area contributed by atoms with Gasteiger partial charge in [-0.15, -0.1) is 11.6 Å². The Hall–Kier alpha value is -1.59. The summed E-state index contributed by atoms with van der Waals surface area (Å²) < 4.78 is 5.31. The van der Waals surface area contributed by atoms with Crippen molar-refractivity contribution in [2.45, 2.75) is 53.1 Å². The maximum absolute atomic E-state index is 12.5. The molecule has 0 saturated heterocycles. The fourth-order valence-corrected chi connectivity index (χ4v) is 2.84. The van der Waals surface area contributed by atoms with Crippen LogP contribution in [0, 0.1) is 0 Å². The first-order valence-corrected chi connectivity index (χ1v) is 9.30. The van der Waals surface area contributed by atoms with Gasteiger partial charge in [-0.25, -0.2) is 0 Å².